The number of carbonyl (C=O) groups excluding carboxylic acids is 1. The largest absolute Gasteiger partial charge is 0.345 e. The van der Waals surface area contributed by atoms with Crippen LogP contribution in [0.2, 0.25) is 0 Å². The summed E-state index contributed by atoms with van der Waals surface area (Å²) in [4.78, 5) is 14.8. The summed E-state index contributed by atoms with van der Waals surface area (Å²) < 4.78 is 0. The van der Waals surface area contributed by atoms with Crippen molar-refractivity contribution in [3.8, 4) is 0 Å². The zero-order chi connectivity index (χ0) is 11.3. The summed E-state index contributed by atoms with van der Waals surface area (Å²) in [5.74, 6) is 0.0624. The van der Waals surface area contributed by atoms with Crippen molar-refractivity contribution in [2.75, 3.05) is 20.1 Å². The van der Waals surface area contributed by atoms with Crippen molar-refractivity contribution < 1.29 is 4.79 Å². The SMILES string of the molecule is CC(CN)C(=O)N(C)CCc1cccs1. The molecule has 0 saturated heterocycles. The lowest BCUT2D eigenvalue weighted by molar-refractivity contribution is -0.133. The standard InChI is InChI=1S/C11H18N2OS/c1-9(8-12)11(14)13(2)6-5-10-4-3-7-15-10/h3-4,7,9H,5-6,8,12H2,1-2H3. The third kappa shape index (κ3) is 3.64. The summed E-state index contributed by atoms with van der Waals surface area (Å²) in [5, 5.41) is 2.06. The van der Waals surface area contributed by atoms with Crippen molar-refractivity contribution >= 4 is 17.2 Å². The van der Waals surface area contributed by atoms with Gasteiger partial charge in [-0.05, 0) is 17.9 Å². The summed E-state index contributed by atoms with van der Waals surface area (Å²) >= 11 is 1.73. The summed E-state index contributed by atoms with van der Waals surface area (Å²) in [7, 11) is 1.84. The minimum Gasteiger partial charge on any atom is -0.345 e. The van der Waals surface area contributed by atoms with Gasteiger partial charge in [0.15, 0.2) is 0 Å². The first kappa shape index (κ1) is 12.2. The number of hydrogen-bond acceptors (Lipinski definition) is 3. The van der Waals surface area contributed by atoms with Gasteiger partial charge in [-0.25, -0.2) is 0 Å². The van der Waals surface area contributed by atoms with Crippen LogP contribution in [0.1, 0.15) is 11.8 Å². The summed E-state index contributed by atoms with van der Waals surface area (Å²) in [6.07, 6.45) is 0.928. The summed E-state index contributed by atoms with van der Waals surface area (Å²) in [6, 6.07) is 4.12. The van der Waals surface area contributed by atoms with Gasteiger partial charge in [-0.1, -0.05) is 13.0 Å². The van der Waals surface area contributed by atoms with Gasteiger partial charge in [-0.15, -0.1) is 11.3 Å². The minimum absolute atomic E-state index is 0.0710. The molecular weight excluding hydrogens is 208 g/mol. The Morgan fingerprint density at radius 3 is 2.93 bits per heavy atom. The Labute approximate surface area is 94.9 Å². The van der Waals surface area contributed by atoms with Gasteiger partial charge in [0.25, 0.3) is 0 Å². The van der Waals surface area contributed by atoms with E-state index in [1.54, 1.807) is 16.2 Å². The zero-order valence-electron chi connectivity index (χ0n) is 9.27. The van der Waals surface area contributed by atoms with E-state index in [9.17, 15) is 4.79 Å². The van der Waals surface area contributed by atoms with Gasteiger partial charge in [0.05, 0.1) is 0 Å². The number of amides is 1. The van der Waals surface area contributed by atoms with E-state index in [0.29, 0.717) is 6.54 Å². The lowest BCUT2D eigenvalue weighted by Crippen LogP contribution is -2.36. The lowest BCUT2D eigenvalue weighted by Gasteiger charge is -2.20. The Bertz CT molecular complexity index is 298. The Hall–Kier alpha value is -0.870. The highest BCUT2D eigenvalue weighted by molar-refractivity contribution is 7.09. The van der Waals surface area contributed by atoms with Gasteiger partial charge in [-0.3, -0.25) is 4.79 Å². The normalized spacial score (nSPS) is 12.5. The average molecular weight is 226 g/mol. The van der Waals surface area contributed by atoms with Gasteiger partial charge in [0, 0.05) is 30.9 Å². The zero-order valence-corrected chi connectivity index (χ0v) is 10.1. The highest BCUT2D eigenvalue weighted by Gasteiger charge is 2.15. The maximum Gasteiger partial charge on any atom is 0.226 e. The number of carbonyl (C=O) groups is 1. The van der Waals surface area contributed by atoms with Crippen molar-refractivity contribution in [2.24, 2.45) is 11.7 Å². The molecule has 1 rings (SSSR count). The predicted octanol–water partition coefficient (Wildman–Crippen LogP) is 1.34. The molecule has 1 heterocycles. The third-order valence-corrected chi connectivity index (χ3v) is 3.36. The van der Waals surface area contributed by atoms with E-state index >= 15 is 0 Å². The van der Waals surface area contributed by atoms with Crippen LogP contribution < -0.4 is 5.73 Å². The second-order valence-electron chi connectivity index (χ2n) is 3.73. The van der Waals surface area contributed by atoms with E-state index in [-0.39, 0.29) is 11.8 Å². The van der Waals surface area contributed by atoms with Crippen LogP contribution in [0.25, 0.3) is 0 Å². The van der Waals surface area contributed by atoms with Crippen molar-refractivity contribution in [1.29, 1.82) is 0 Å². The van der Waals surface area contributed by atoms with E-state index in [2.05, 4.69) is 11.4 Å². The molecule has 0 spiro atoms. The molecule has 0 aliphatic rings. The molecule has 2 N–H and O–H groups in total. The number of likely N-dealkylation sites (N-methyl/N-ethyl adjacent to an activating group) is 1. The molecule has 0 aromatic carbocycles. The molecule has 1 aromatic rings. The Balaban J connectivity index is 2.35. The molecule has 4 heteroatoms. The molecule has 0 bridgehead atoms. The third-order valence-electron chi connectivity index (χ3n) is 2.43. The van der Waals surface area contributed by atoms with Gasteiger partial charge in [0.1, 0.15) is 0 Å². The number of thiophene rings is 1. The summed E-state index contributed by atoms with van der Waals surface area (Å²) in [5.41, 5.74) is 5.46. The Kier molecular flexibility index (Phi) is 4.78. The van der Waals surface area contributed by atoms with Gasteiger partial charge < -0.3 is 10.6 Å². The van der Waals surface area contributed by atoms with Crippen LogP contribution in [-0.4, -0.2) is 30.9 Å². The lowest BCUT2D eigenvalue weighted by atomic mass is 10.1. The second kappa shape index (κ2) is 5.88. The van der Waals surface area contributed by atoms with Gasteiger partial charge in [0.2, 0.25) is 5.91 Å². The fourth-order valence-electron chi connectivity index (χ4n) is 1.32. The van der Waals surface area contributed by atoms with Crippen LogP contribution in [0.4, 0.5) is 0 Å². The molecule has 0 radical (unpaired) electrons. The highest BCUT2D eigenvalue weighted by Crippen LogP contribution is 2.10. The minimum atomic E-state index is -0.0710. The van der Waals surface area contributed by atoms with E-state index in [4.69, 9.17) is 5.73 Å². The monoisotopic (exact) mass is 226 g/mol. The first-order valence-electron chi connectivity index (χ1n) is 5.12. The Morgan fingerprint density at radius 1 is 1.67 bits per heavy atom. The van der Waals surface area contributed by atoms with Crippen molar-refractivity contribution in [1.82, 2.24) is 4.90 Å². The fraction of sp³-hybridized carbons (Fsp3) is 0.545. The smallest absolute Gasteiger partial charge is 0.226 e. The molecule has 0 aliphatic heterocycles. The number of nitrogens with zero attached hydrogens (tertiary/aromatic N) is 1. The molecule has 1 unspecified atom stereocenters. The molecule has 1 aromatic heterocycles. The molecule has 1 atom stereocenters. The first-order valence-corrected chi connectivity index (χ1v) is 6.00. The highest BCUT2D eigenvalue weighted by atomic mass is 32.1. The van der Waals surface area contributed by atoms with Crippen LogP contribution in [-0.2, 0) is 11.2 Å². The van der Waals surface area contributed by atoms with Gasteiger partial charge >= 0.3 is 0 Å². The number of nitrogens with two attached hydrogens (primary N) is 1. The molecule has 0 fully saturated rings. The maximum absolute atomic E-state index is 11.7. The van der Waals surface area contributed by atoms with E-state index < -0.39 is 0 Å². The molecule has 0 aliphatic carbocycles. The van der Waals surface area contributed by atoms with Gasteiger partial charge in [-0.2, -0.15) is 0 Å². The quantitative estimate of drug-likeness (QED) is 0.823. The molecule has 15 heavy (non-hydrogen) atoms. The van der Waals surface area contributed by atoms with E-state index in [1.165, 1.54) is 4.88 Å². The maximum atomic E-state index is 11.7. The van der Waals surface area contributed by atoms with Crippen molar-refractivity contribution in [2.45, 2.75) is 13.3 Å². The fourth-order valence-corrected chi connectivity index (χ4v) is 2.02. The predicted molar refractivity (Wildman–Crippen MR) is 63.9 cm³/mol. The van der Waals surface area contributed by atoms with Crippen molar-refractivity contribution in [3.63, 3.8) is 0 Å². The van der Waals surface area contributed by atoms with Crippen molar-refractivity contribution in [3.05, 3.63) is 22.4 Å². The van der Waals surface area contributed by atoms with E-state index in [0.717, 1.165) is 13.0 Å². The van der Waals surface area contributed by atoms with Crippen LogP contribution in [0.15, 0.2) is 17.5 Å². The number of rotatable bonds is 5. The van der Waals surface area contributed by atoms with Crippen LogP contribution in [0.3, 0.4) is 0 Å². The average Bonchev–Trinajstić information content (AvgIpc) is 2.76. The molecule has 84 valence electrons. The van der Waals surface area contributed by atoms with Crippen LogP contribution >= 0.6 is 11.3 Å². The Morgan fingerprint density at radius 2 is 2.40 bits per heavy atom. The van der Waals surface area contributed by atoms with E-state index in [1.807, 2.05) is 20.0 Å². The summed E-state index contributed by atoms with van der Waals surface area (Å²) in [6.45, 7) is 3.05. The molecule has 3 nitrogen and oxygen atoms in total. The first-order chi connectivity index (χ1) is 7.15. The topological polar surface area (TPSA) is 46.3 Å². The van der Waals surface area contributed by atoms with Crippen LogP contribution in [0, 0.1) is 5.92 Å². The number of hydrogen-bond donors (Lipinski definition) is 1. The van der Waals surface area contributed by atoms with Crippen LogP contribution in [0.5, 0.6) is 0 Å². The molecular formula is C11H18N2OS. The second-order valence-corrected chi connectivity index (χ2v) is 4.76. The molecule has 1 amide bonds. The molecule has 0 saturated carbocycles.